The second-order valence-corrected chi connectivity index (χ2v) is 8.02. The second-order valence-electron chi connectivity index (χ2n) is 8.02. The summed E-state index contributed by atoms with van der Waals surface area (Å²) in [5.74, 6) is 0.0738. The van der Waals surface area contributed by atoms with Crippen LogP contribution in [0.2, 0.25) is 0 Å². The van der Waals surface area contributed by atoms with Crippen LogP contribution in [0.15, 0.2) is 48.8 Å². The first-order chi connectivity index (χ1) is 14.1. The van der Waals surface area contributed by atoms with E-state index < -0.39 is 0 Å². The van der Waals surface area contributed by atoms with Crippen molar-refractivity contribution < 1.29 is 14.7 Å². The van der Waals surface area contributed by atoms with E-state index in [-0.39, 0.29) is 42.3 Å². The van der Waals surface area contributed by atoms with Crippen molar-refractivity contribution in [1.82, 2.24) is 15.2 Å². The highest BCUT2D eigenvalue weighted by Crippen LogP contribution is 2.43. The molecule has 1 saturated heterocycles. The molecule has 1 aromatic heterocycles. The van der Waals surface area contributed by atoms with Crippen molar-refractivity contribution in [3.05, 3.63) is 54.4 Å². The number of likely N-dealkylation sites (tertiary alicyclic amines) is 1. The molecule has 1 aliphatic heterocycles. The molecule has 2 heterocycles. The second kappa shape index (κ2) is 8.33. The number of aliphatic hydroxyl groups excluding tert-OH is 1. The SMILES string of the molecule is CC(=O)NC[C@@H]1[C@@H](c2ccc(-c3cccnc3)cc2)[C@@H](CO)N1C(=O)C1CCC1. The summed E-state index contributed by atoms with van der Waals surface area (Å²) in [7, 11) is 0. The van der Waals surface area contributed by atoms with E-state index in [1.54, 1.807) is 6.20 Å². The molecule has 6 nitrogen and oxygen atoms in total. The van der Waals surface area contributed by atoms with Crippen molar-refractivity contribution in [2.75, 3.05) is 13.2 Å². The lowest BCUT2D eigenvalue weighted by Gasteiger charge is -2.56. The molecule has 2 amide bonds. The molecule has 29 heavy (non-hydrogen) atoms. The Bertz CT molecular complexity index is 865. The number of rotatable bonds is 6. The van der Waals surface area contributed by atoms with E-state index in [1.807, 2.05) is 35.4 Å². The number of hydrogen-bond acceptors (Lipinski definition) is 4. The van der Waals surface area contributed by atoms with E-state index in [9.17, 15) is 14.7 Å². The van der Waals surface area contributed by atoms with Gasteiger partial charge in [-0.1, -0.05) is 36.8 Å². The predicted molar refractivity (Wildman–Crippen MR) is 110 cm³/mol. The van der Waals surface area contributed by atoms with Crippen LogP contribution in [0.4, 0.5) is 0 Å². The summed E-state index contributed by atoms with van der Waals surface area (Å²) >= 11 is 0. The highest BCUT2D eigenvalue weighted by molar-refractivity contribution is 5.82. The number of nitrogens with zero attached hydrogens (tertiary/aromatic N) is 2. The lowest BCUT2D eigenvalue weighted by molar-refractivity contribution is -0.158. The quantitative estimate of drug-likeness (QED) is 0.789. The van der Waals surface area contributed by atoms with Crippen LogP contribution >= 0.6 is 0 Å². The van der Waals surface area contributed by atoms with Crippen LogP contribution in [-0.4, -0.2) is 52.0 Å². The topological polar surface area (TPSA) is 82.5 Å². The maximum atomic E-state index is 12.9. The normalized spacial score (nSPS) is 23.8. The van der Waals surface area contributed by atoms with E-state index in [0.29, 0.717) is 6.54 Å². The van der Waals surface area contributed by atoms with E-state index in [4.69, 9.17) is 0 Å². The fourth-order valence-electron chi connectivity index (χ4n) is 4.49. The third kappa shape index (κ3) is 3.77. The van der Waals surface area contributed by atoms with Crippen LogP contribution in [0.5, 0.6) is 0 Å². The Morgan fingerprint density at radius 1 is 1.14 bits per heavy atom. The first kappa shape index (κ1) is 19.6. The zero-order valence-corrected chi connectivity index (χ0v) is 16.6. The van der Waals surface area contributed by atoms with Crippen LogP contribution in [0.25, 0.3) is 11.1 Å². The molecule has 152 valence electrons. The van der Waals surface area contributed by atoms with Crippen molar-refractivity contribution >= 4 is 11.8 Å². The summed E-state index contributed by atoms with van der Waals surface area (Å²) in [6, 6.07) is 11.8. The molecule has 2 N–H and O–H groups in total. The number of aromatic nitrogens is 1. The summed E-state index contributed by atoms with van der Waals surface area (Å²) in [4.78, 5) is 30.4. The van der Waals surface area contributed by atoms with Gasteiger partial charge in [-0.25, -0.2) is 0 Å². The molecule has 2 fully saturated rings. The number of nitrogens with one attached hydrogen (secondary N) is 1. The Labute approximate surface area is 171 Å². The molecule has 0 radical (unpaired) electrons. The summed E-state index contributed by atoms with van der Waals surface area (Å²) in [5, 5.41) is 12.9. The van der Waals surface area contributed by atoms with Gasteiger partial charge < -0.3 is 15.3 Å². The van der Waals surface area contributed by atoms with Crippen molar-refractivity contribution in [2.24, 2.45) is 5.92 Å². The number of carbonyl (C=O) groups excluding carboxylic acids is 2. The molecule has 2 aliphatic rings. The molecule has 3 atom stereocenters. The van der Waals surface area contributed by atoms with Crippen molar-refractivity contribution in [3.63, 3.8) is 0 Å². The van der Waals surface area contributed by atoms with Crippen molar-refractivity contribution in [3.8, 4) is 11.1 Å². The van der Waals surface area contributed by atoms with E-state index in [0.717, 1.165) is 36.0 Å². The Hall–Kier alpha value is -2.73. The lowest BCUT2D eigenvalue weighted by Crippen LogP contribution is -2.69. The Balaban J connectivity index is 1.57. The van der Waals surface area contributed by atoms with Crippen molar-refractivity contribution in [1.29, 1.82) is 0 Å². The fourth-order valence-corrected chi connectivity index (χ4v) is 4.49. The van der Waals surface area contributed by atoms with Crippen LogP contribution in [0, 0.1) is 5.92 Å². The molecule has 1 saturated carbocycles. The van der Waals surface area contributed by atoms with E-state index in [1.165, 1.54) is 6.92 Å². The zero-order chi connectivity index (χ0) is 20.4. The molecular formula is C23H27N3O3. The maximum Gasteiger partial charge on any atom is 0.226 e. The van der Waals surface area contributed by atoms with Gasteiger partial charge in [-0.15, -0.1) is 0 Å². The van der Waals surface area contributed by atoms with E-state index >= 15 is 0 Å². The first-order valence-corrected chi connectivity index (χ1v) is 10.3. The molecular weight excluding hydrogens is 366 g/mol. The molecule has 0 unspecified atom stereocenters. The minimum Gasteiger partial charge on any atom is -0.394 e. The Morgan fingerprint density at radius 3 is 2.45 bits per heavy atom. The molecule has 6 heteroatoms. The monoisotopic (exact) mass is 393 g/mol. The largest absolute Gasteiger partial charge is 0.394 e. The number of benzene rings is 1. The summed E-state index contributed by atoms with van der Waals surface area (Å²) in [6.07, 6.45) is 6.51. The van der Waals surface area contributed by atoms with Gasteiger partial charge in [-0.3, -0.25) is 14.6 Å². The highest BCUT2D eigenvalue weighted by Gasteiger charge is 2.52. The number of amides is 2. The average molecular weight is 393 g/mol. The van der Waals surface area contributed by atoms with Crippen LogP contribution in [0.1, 0.15) is 37.7 Å². The van der Waals surface area contributed by atoms with Gasteiger partial charge in [-0.05, 0) is 35.6 Å². The lowest BCUT2D eigenvalue weighted by atomic mass is 9.72. The van der Waals surface area contributed by atoms with Crippen LogP contribution in [-0.2, 0) is 9.59 Å². The number of hydrogen-bond donors (Lipinski definition) is 2. The van der Waals surface area contributed by atoms with E-state index in [2.05, 4.69) is 22.4 Å². The number of carbonyl (C=O) groups is 2. The smallest absolute Gasteiger partial charge is 0.226 e. The van der Waals surface area contributed by atoms with Gasteiger partial charge in [0.25, 0.3) is 0 Å². The van der Waals surface area contributed by atoms with Gasteiger partial charge in [0.2, 0.25) is 11.8 Å². The minimum absolute atomic E-state index is 0.00109. The molecule has 0 bridgehead atoms. The predicted octanol–water partition coefficient (Wildman–Crippen LogP) is 2.34. The standard InChI is InChI=1S/C23H27N3O3/c1-15(28)25-13-20-22(21(14-27)26(20)23(29)18-4-2-5-18)17-9-7-16(8-10-17)19-6-3-11-24-12-19/h3,6-12,18,20-22,27H,2,4-5,13-14H2,1H3,(H,25,28)/t20-,21-,22-/m1/s1. The highest BCUT2D eigenvalue weighted by atomic mass is 16.3. The zero-order valence-electron chi connectivity index (χ0n) is 16.6. The molecule has 1 aliphatic carbocycles. The van der Waals surface area contributed by atoms with Gasteiger partial charge >= 0.3 is 0 Å². The van der Waals surface area contributed by atoms with Gasteiger partial charge in [-0.2, -0.15) is 0 Å². The summed E-state index contributed by atoms with van der Waals surface area (Å²) in [5.41, 5.74) is 3.19. The summed E-state index contributed by atoms with van der Waals surface area (Å²) < 4.78 is 0. The van der Waals surface area contributed by atoms with Gasteiger partial charge in [0.05, 0.1) is 18.7 Å². The Morgan fingerprint density at radius 2 is 1.90 bits per heavy atom. The molecule has 0 spiro atoms. The van der Waals surface area contributed by atoms with Gasteiger partial charge in [0.15, 0.2) is 0 Å². The van der Waals surface area contributed by atoms with Crippen LogP contribution in [0.3, 0.4) is 0 Å². The fraction of sp³-hybridized carbons (Fsp3) is 0.435. The average Bonchev–Trinajstić information content (AvgIpc) is 2.67. The Kier molecular flexibility index (Phi) is 5.62. The maximum absolute atomic E-state index is 12.9. The van der Waals surface area contributed by atoms with Gasteiger partial charge in [0.1, 0.15) is 0 Å². The van der Waals surface area contributed by atoms with Crippen LogP contribution < -0.4 is 5.32 Å². The molecule has 1 aromatic carbocycles. The summed E-state index contributed by atoms with van der Waals surface area (Å²) in [6.45, 7) is 1.81. The number of aliphatic hydroxyl groups is 1. The molecule has 2 aromatic rings. The third-order valence-electron chi connectivity index (χ3n) is 6.29. The molecule has 4 rings (SSSR count). The number of pyridine rings is 1. The first-order valence-electron chi connectivity index (χ1n) is 10.3. The third-order valence-corrected chi connectivity index (χ3v) is 6.29. The minimum atomic E-state index is -0.244. The van der Waals surface area contributed by atoms with Gasteiger partial charge in [0, 0.05) is 37.7 Å². The van der Waals surface area contributed by atoms with Crippen molar-refractivity contribution in [2.45, 2.75) is 44.2 Å².